The molecule has 0 radical (unpaired) electrons. The number of aryl methyl sites for hydroxylation is 2. The van der Waals surface area contributed by atoms with Gasteiger partial charge in [0.25, 0.3) is 0 Å². The minimum Gasteiger partial charge on any atom is -0.497 e. The van der Waals surface area contributed by atoms with Gasteiger partial charge in [0.1, 0.15) is 5.75 Å². The number of hydrogen-bond donors (Lipinski definition) is 1. The minimum absolute atomic E-state index is 0.400. The average molecular weight is 256 g/mol. The van der Waals surface area contributed by atoms with Gasteiger partial charge >= 0.3 is 0 Å². The van der Waals surface area contributed by atoms with Crippen LogP contribution >= 0.6 is 0 Å². The highest BCUT2D eigenvalue weighted by molar-refractivity contribution is 5.35. The highest BCUT2D eigenvalue weighted by Gasteiger charge is 2.08. The Hall–Kier alpha value is -1.80. The van der Waals surface area contributed by atoms with Crippen LogP contribution in [0.3, 0.4) is 0 Å². The summed E-state index contributed by atoms with van der Waals surface area (Å²) in [6, 6.07) is 15.9. The van der Waals surface area contributed by atoms with Gasteiger partial charge in [0, 0.05) is 0 Å². The Bertz CT molecular complexity index is 520. The van der Waals surface area contributed by atoms with Crippen LogP contribution in [0.1, 0.15) is 29.2 Å². The Morgan fingerprint density at radius 2 is 1.84 bits per heavy atom. The van der Waals surface area contributed by atoms with Crippen LogP contribution in [0.2, 0.25) is 0 Å². The lowest BCUT2D eigenvalue weighted by molar-refractivity contribution is 0.168. The maximum Gasteiger partial charge on any atom is 0.119 e. The molecule has 0 aliphatic heterocycles. The largest absolute Gasteiger partial charge is 0.497 e. The summed E-state index contributed by atoms with van der Waals surface area (Å²) in [6.45, 7) is 2.08. The van der Waals surface area contributed by atoms with Crippen molar-refractivity contribution in [3.05, 3.63) is 65.2 Å². The Kier molecular flexibility index (Phi) is 4.58. The first kappa shape index (κ1) is 13.6. The van der Waals surface area contributed by atoms with Gasteiger partial charge in [-0.05, 0) is 48.6 Å². The van der Waals surface area contributed by atoms with E-state index >= 15 is 0 Å². The van der Waals surface area contributed by atoms with Crippen LogP contribution < -0.4 is 4.74 Å². The van der Waals surface area contributed by atoms with E-state index in [1.807, 2.05) is 42.5 Å². The Balaban J connectivity index is 1.99. The van der Waals surface area contributed by atoms with Crippen molar-refractivity contribution in [1.29, 1.82) is 0 Å². The standard InChI is InChI=1S/C17H20O2/c1-13-12-16(19-2)10-8-14(13)9-11-17(18)15-6-4-3-5-7-15/h3-8,10,12,17-18H,9,11H2,1-2H3. The summed E-state index contributed by atoms with van der Waals surface area (Å²) in [5.41, 5.74) is 3.45. The van der Waals surface area contributed by atoms with E-state index in [9.17, 15) is 5.11 Å². The maximum absolute atomic E-state index is 10.1. The van der Waals surface area contributed by atoms with Crippen molar-refractivity contribution in [3.8, 4) is 5.75 Å². The van der Waals surface area contributed by atoms with Gasteiger partial charge in [-0.25, -0.2) is 0 Å². The maximum atomic E-state index is 10.1. The first-order chi connectivity index (χ1) is 9.20. The molecule has 2 heteroatoms. The van der Waals surface area contributed by atoms with E-state index < -0.39 is 6.10 Å². The van der Waals surface area contributed by atoms with Crippen molar-refractivity contribution in [1.82, 2.24) is 0 Å². The summed E-state index contributed by atoms with van der Waals surface area (Å²) in [5.74, 6) is 0.879. The first-order valence-corrected chi connectivity index (χ1v) is 6.57. The van der Waals surface area contributed by atoms with Crippen molar-refractivity contribution in [2.45, 2.75) is 25.9 Å². The van der Waals surface area contributed by atoms with Gasteiger partial charge in [-0.3, -0.25) is 0 Å². The molecular weight excluding hydrogens is 236 g/mol. The van der Waals surface area contributed by atoms with Crippen molar-refractivity contribution < 1.29 is 9.84 Å². The Labute approximate surface area is 114 Å². The lowest BCUT2D eigenvalue weighted by Crippen LogP contribution is -2.00. The molecule has 0 aliphatic rings. The zero-order valence-electron chi connectivity index (χ0n) is 11.5. The Morgan fingerprint density at radius 3 is 2.47 bits per heavy atom. The molecule has 2 aromatic rings. The van der Waals surface area contributed by atoms with Crippen LogP contribution in [0, 0.1) is 6.92 Å². The summed E-state index contributed by atoms with van der Waals surface area (Å²) in [5, 5.41) is 10.1. The zero-order chi connectivity index (χ0) is 13.7. The molecule has 0 bridgehead atoms. The van der Waals surface area contributed by atoms with Crippen molar-refractivity contribution in [2.75, 3.05) is 7.11 Å². The average Bonchev–Trinajstić information content (AvgIpc) is 2.46. The second-order valence-corrected chi connectivity index (χ2v) is 4.76. The van der Waals surface area contributed by atoms with Crippen LogP contribution in [-0.4, -0.2) is 12.2 Å². The molecule has 100 valence electrons. The number of aliphatic hydroxyl groups excluding tert-OH is 1. The van der Waals surface area contributed by atoms with Crippen molar-refractivity contribution in [3.63, 3.8) is 0 Å². The monoisotopic (exact) mass is 256 g/mol. The van der Waals surface area contributed by atoms with Gasteiger partial charge in [-0.15, -0.1) is 0 Å². The smallest absolute Gasteiger partial charge is 0.119 e. The lowest BCUT2D eigenvalue weighted by atomic mass is 9.98. The quantitative estimate of drug-likeness (QED) is 0.884. The van der Waals surface area contributed by atoms with E-state index in [4.69, 9.17) is 4.74 Å². The molecule has 0 aromatic heterocycles. The molecule has 2 rings (SSSR count). The Morgan fingerprint density at radius 1 is 1.11 bits per heavy atom. The van der Waals surface area contributed by atoms with E-state index in [2.05, 4.69) is 13.0 Å². The molecule has 0 fully saturated rings. The van der Waals surface area contributed by atoms with Crippen molar-refractivity contribution >= 4 is 0 Å². The number of benzene rings is 2. The topological polar surface area (TPSA) is 29.5 Å². The molecule has 0 saturated carbocycles. The molecule has 0 aliphatic carbocycles. The van der Waals surface area contributed by atoms with Crippen LogP contribution in [0.25, 0.3) is 0 Å². The van der Waals surface area contributed by atoms with E-state index in [-0.39, 0.29) is 0 Å². The van der Waals surface area contributed by atoms with E-state index in [0.717, 1.165) is 24.2 Å². The SMILES string of the molecule is COc1ccc(CCC(O)c2ccccc2)c(C)c1. The fourth-order valence-electron chi connectivity index (χ4n) is 2.21. The van der Waals surface area contributed by atoms with Crippen LogP contribution in [-0.2, 0) is 6.42 Å². The van der Waals surface area contributed by atoms with Gasteiger partial charge in [0.15, 0.2) is 0 Å². The fourth-order valence-corrected chi connectivity index (χ4v) is 2.21. The second-order valence-electron chi connectivity index (χ2n) is 4.76. The molecular formula is C17H20O2. The molecule has 19 heavy (non-hydrogen) atoms. The molecule has 1 N–H and O–H groups in total. The van der Waals surface area contributed by atoms with Crippen LogP contribution in [0.4, 0.5) is 0 Å². The lowest BCUT2D eigenvalue weighted by Gasteiger charge is -2.12. The molecule has 0 saturated heterocycles. The predicted octanol–water partition coefficient (Wildman–Crippen LogP) is 3.67. The third kappa shape index (κ3) is 3.58. The third-order valence-electron chi connectivity index (χ3n) is 3.42. The fraction of sp³-hybridized carbons (Fsp3) is 0.294. The molecule has 2 nitrogen and oxygen atoms in total. The van der Waals surface area contributed by atoms with E-state index in [1.165, 1.54) is 11.1 Å². The molecule has 0 amide bonds. The van der Waals surface area contributed by atoms with Gasteiger partial charge in [-0.1, -0.05) is 36.4 Å². The summed E-state index contributed by atoms with van der Waals surface area (Å²) in [7, 11) is 1.67. The minimum atomic E-state index is -0.400. The molecule has 0 heterocycles. The highest BCUT2D eigenvalue weighted by Crippen LogP contribution is 2.22. The molecule has 0 spiro atoms. The van der Waals surface area contributed by atoms with Crippen molar-refractivity contribution in [2.24, 2.45) is 0 Å². The molecule has 1 atom stereocenters. The number of methoxy groups -OCH3 is 1. The predicted molar refractivity (Wildman–Crippen MR) is 77.5 cm³/mol. The van der Waals surface area contributed by atoms with Gasteiger partial charge in [-0.2, -0.15) is 0 Å². The van der Waals surface area contributed by atoms with E-state index in [0.29, 0.717) is 0 Å². The number of aliphatic hydroxyl groups is 1. The molecule has 1 unspecified atom stereocenters. The van der Waals surface area contributed by atoms with Crippen LogP contribution in [0.15, 0.2) is 48.5 Å². The van der Waals surface area contributed by atoms with Crippen LogP contribution in [0.5, 0.6) is 5.75 Å². The third-order valence-corrected chi connectivity index (χ3v) is 3.42. The number of rotatable bonds is 5. The molecule has 2 aromatic carbocycles. The van der Waals surface area contributed by atoms with Gasteiger partial charge < -0.3 is 9.84 Å². The summed E-state index contributed by atoms with van der Waals surface area (Å²) in [6.07, 6.45) is 1.20. The highest BCUT2D eigenvalue weighted by atomic mass is 16.5. The number of ether oxygens (including phenoxy) is 1. The number of hydrogen-bond acceptors (Lipinski definition) is 2. The summed E-state index contributed by atoms with van der Waals surface area (Å²) < 4.78 is 5.20. The summed E-state index contributed by atoms with van der Waals surface area (Å²) in [4.78, 5) is 0. The van der Waals surface area contributed by atoms with Gasteiger partial charge in [0.05, 0.1) is 13.2 Å². The normalized spacial score (nSPS) is 12.2. The zero-order valence-corrected chi connectivity index (χ0v) is 11.5. The van der Waals surface area contributed by atoms with Gasteiger partial charge in [0.2, 0.25) is 0 Å². The second kappa shape index (κ2) is 6.39. The first-order valence-electron chi connectivity index (χ1n) is 6.57. The van der Waals surface area contributed by atoms with E-state index in [1.54, 1.807) is 7.11 Å². The summed E-state index contributed by atoms with van der Waals surface area (Å²) >= 11 is 0.